The molecular formula is C24H22ClFN6O4S. The van der Waals surface area contributed by atoms with Crippen LogP contribution in [0.2, 0.25) is 5.28 Å². The maximum Gasteiger partial charge on any atom is 0.260 e. The lowest BCUT2D eigenvalue weighted by atomic mass is 10.1. The van der Waals surface area contributed by atoms with Crippen LogP contribution < -0.4 is 14.9 Å². The molecule has 0 saturated carbocycles. The smallest absolute Gasteiger partial charge is 0.260 e. The van der Waals surface area contributed by atoms with Gasteiger partial charge < -0.3 is 14.2 Å². The Morgan fingerprint density at radius 1 is 1.32 bits per heavy atom. The number of ether oxygens (including phenoxy) is 3. The number of methoxy groups -OCH3 is 1. The summed E-state index contributed by atoms with van der Waals surface area (Å²) in [5.74, 6) is -0.995. The molecule has 0 fully saturated rings. The lowest BCUT2D eigenvalue weighted by molar-refractivity contribution is -0.118. The summed E-state index contributed by atoms with van der Waals surface area (Å²) in [5.41, 5.74) is 4.82. The number of amides is 1. The molecule has 0 saturated heterocycles. The van der Waals surface area contributed by atoms with E-state index >= 15 is 0 Å². The molecule has 3 rings (SSSR count). The van der Waals surface area contributed by atoms with Gasteiger partial charge in [-0.2, -0.15) is 19.7 Å². The SMILES string of the molecule is CCOc1cc(C=NNC(=O)CSc2nc(C)cc(COC)c2C#N)ccc1Oc1nc(Cl)ncc1F. The zero-order chi connectivity index (χ0) is 26.8. The Balaban J connectivity index is 1.65. The van der Waals surface area contributed by atoms with Crippen LogP contribution in [0, 0.1) is 24.1 Å². The fraction of sp³-hybridized carbons (Fsp3) is 0.250. The second-order valence-electron chi connectivity index (χ2n) is 7.26. The van der Waals surface area contributed by atoms with Crippen molar-refractivity contribution in [2.75, 3.05) is 19.5 Å². The van der Waals surface area contributed by atoms with Crippen LogP contribution in [0.3, 0.4) is 0 Å². The van der Waals surface area contributed by atoms with Gasteiger partial charge in [0.05, 0.1) is 36.9 Å². The molecule has 0 bridgehead atoms. The van der Waals surface area contributed by atoms with E-state index in [9.17, 15) is 14.4 Å². The van der Waals surface area contributed by atoms with Gasteiger partial charge in [-0.3, -0.25) is 4.79 Å². The van der Waals surface area contributed by atoms with Gasteiger partial charge in [0.25, 0.3) is 5.88 Å². The molecule has 2 aromatic heterocycles. The van der Waals surface area contributed by atoms with Crippen molar-refractivity contribution in [1.82, 2.24) is 20.4 Å². The number of halogens is 2. The molecule has 10 nitrogen and oxygen atoms in total. The molecule has 0 aliphatic rings. The normalized spacial score (nSPS) is 10.8. The van der Waals surface area contributed by atoms with Crippen LogP contribution in [0.15, 0.2) is 40.6 Å². The number of aryl methyl sites for hydroxylation is 1. The van der Waals surface area contributed by atoms with Gasteiger partial charge in [-0.25, -0.2) is 15.4 Å². The van der Waals surface area contributed by atoms with Crippen LogP contribution in [0.25, 0.3) is 0 Å². The third-order valence-electron chi connectivity index (χ3n) is 4.51. The molecule has 1 amide bonds. The van der Waals surface area contributed by atoms with Crippen LogP contribution in [-0.2, 0) is 16.1 Å². The van der Waals surface area contributed by atoms with Crippen LogP contribution in [0.1, 0.15) is 29.3 Å². The van der Waals surface area contributed by atoms with Gasteiger partial charge >= 0.3 is 0 Å². The maximum absolute atomic E-state index is 13.9. The molecule has 2 heterocycles. The van der Waals surface area contributed by atoms with E-state index in [1.807, 2.05) is 0 Å². The van der Waals surface area contributed by atoms with Crippen molar-refractivity contribution in [3.05, 3.63) is 63.9 Å². The molecule has 37 heavy (non-hydrogen) atoms. The number of hydrazone groups is 1. The van der Waals surface area contributed by atoms with Crippen molar-refractivity contribution < 1.29 is 23.4 Å². The lowest BCUT2D eigenvalue weighted by Gasteiger charge is -2.12. The Labute approximate surface area is 221 Å². The monoisotopic (exact) mass is 544 g/mol. The molecule has 0 unspecified atom stereocenters. The molecule has 1 N–H and O–H groups in total. The van der Waals surface area contributed by atoms with Crippen molar-refractivity contribution in [3.8, 4) is 23.4 Å². The molecular weight excluding hydrogens is 523 g/mol. The predicted molar refractivity (Wildman–Crippen MR) is 136 cm³/mol. The lowest BCUT2D eigenvalue weighted by Crippen LogP contribution is -2.20. The highest BCUT2D eigenvalue weighted by atomic mass is 35.5. The zero-order valence-corrected chi connectivity index (χ0v) is 21.7. The van der Waals surface area contributed by atoms with Gasteiger partial charge in [-0.05, 0) is 60.8 Å². The summed E-state index contributed by atoms with van der Waals surface area (Å²) in [5, 5.41) is 13.8. The highest BCUT2D eigenvalue weighted by Gasteiger charge is 2.15. The van der Waals surface area contributed by atoms with Crippen molar-refractivity contribution in [2.24, 2.45) is 5.10 Å². The third-order valence-corrected chi connectivity index (χ3v) is 5.66. The van der Waals surface area contributed by atoms with Gasteiger partial charge in [0, 0.05) is 12.8 Å². The first-order valence-electron chi connectivity index (χ1n) is 10.8. The number of nitrogens with zero attached hydrogens (tertiary/aromatic N) is 5. The molecule has 1 aromatic carbocycles. The van der Waals surface area contributed by atoms with E-state index in [1.165, 1.54) is 6.21 Å². The Kier molecular flexibility index (Phi) is 10.1. The molecule has 0 radical (unpaired) electrons. The third kappa shape index (κ3) is 7.85. The molecule has 3 aromatic rings. The van der Waals surface area contributed by atoms with Crippen LogP contribution in [0.4, 0.5) is 4.39 Å². The van der Waals surface area contributed by atoms with Crippen LogP contribution >= 0.6 is 23.4 Å². The second kappa shape index (κ2) is 13.5. The molecule has 192 valence electrons. The summed E-state index contributed by atoms with van der Waals surface area (Å²) in [4.78, 5) is 23.9. The van der Waals surface area contributed by atoms with E-state index in [1.54, 1.807) is 45.2 Å². The van der Waals surface area contributed by atoms with Crippen LogP contribution in [-0.4, -0.2) is 46.5 Å². The molecule has 13 heteroatoms. The van der Waals surface area contributed by atoms with Crippen molar-refractivity contribution in [3.63, 3.8) is 0 Å². The van der Waals surface area contributed by atoms with Crippen LogP contribution in [0.5, 0.6) is 17.4 Å². The van der Waals surface area contributed by atoms with Crippen molar-refractivity contribution >= 4 is 35.5 Å². The first kappa shape index (κ1) is 27.8. The summed E-state index contributed by atoms with van der Waals surface area (Å²) in [6.07, 6.45) is 2.32. The van der Waals surface area contributed by atoms with Gasteiger partial charge in [0.1, 0.15) is 11.1 Å². The van der Waals surface area contributed by atoms with E-state index in [-0.39, 0.29) is 35.2 Å². The number of hydrogen-bond donors (Lipinski definition) is 1. The highest BCUT2D eigenvalue weighted by molar-refractivity contribution is 8.00. The summed E-state index contributed by atoms with van der Waals surface area (Å²) in [6, 6.07) is 8.69. The second-order valence-corrected chi connectivity index (χ2v) is 8.57. The Morgan fingerprint density at radius 2 is 2.14 bits per heavy atom. The van der Waals surface area contributed by atoms with E-state index in [0.29, 0.717) is 34.1 Å². The number of benzene rings is 1. The number of thioether (sulfide) groups is 1. The Hall–Kier alpha value is -3.79. The standard InChI is InChI=1S/C24H22ClFN6O4S/c1-4-35-20-8-15(5-6-19(20)36-22-18(26)11-28-24(25)31-22)10-29-32-21(33)13-37-23-17(9-27)16(12-34-3)7-14(2)30-23/h5-8,10-11H,4,12-13H2,1-3H3,(H,32,33). The highest BCUT2D eigenvalue weighted by Crippen LogP contribution is 2.33. The predicted octanol–water partition coefficient (Wildman–Crippen LogP) is 4.42. The van der Waals surface area contributed by atoms with E-state index in [4.69, 9.17) is 25.8 Å². The number of aromatic nitrogens is 3. The molecule has 0 spiro atoms. The average Bonchev–Trinajstić information content (AvgIpc) is 2.86. The molecule has 0 atom stereocenters. The van der Waals surface area contributed by atoms with E-state index in [0.717, 1.165) is 23.7 Å². The maximum atomic E-state index is 13.9. The summed E-state index contributed by atoms with van der Waals surface area (Å²) in [7, 11) is 1.54. The number of carbonyl (C=O) groups is 1. The van der Waals surface area contributed by atoms with Gasteiger partial charge in [0.2, 0.25) is 17.0 Å². The summed E-state index contributed by atoms with van der Waals surface area (Å²) in [6.45, 7) is 4.18. The minimum absolute atomic E-state index is 0.00107. The fourth-order valence-electron chi connectivity index (χ4n) is 3.01. The topological polar surface area (TPSA) is 132 Å². The zero-order valence-electron chi connectivity index (χ0n) is 20.1. The van der Waals surface area contributed by atoms with Gasteiger partial charge in [0.15, 0.2) is 11.5 Å². The minimum atomic E-state index is -0.782. The average molecular weight is 545 g/mol. The molecule has 0 aliphatic heterocycles. The number of pyridine rings is 1. The largest absolute Gasteiger partial charge is 0.490 e. The quantitative estimate of drug-likeness (QED) is 0.161. The summed E-state index contributed by atoms with van der Waals surface area (Å²) < 4.78 is 30.2. The minimum Gasteiger partial charge on any atom is -0.490 e. The van der Waals surface area contributed by atoms with Gasteiger partial charge in [-0.15, -0.1) is 0 Å². The van der Waals surface area contributed by atoms with Crippen molar-refractivity contribution in [1.29, 1.82) is 5.26 Å². The van der Waals surface area contributed by atoms with Crippen molar-refractivity contribution in [2.45, 2.75) is 25.5 Å². The Morgan fingerprint density at radius 3 is 2.86 bits per heavy atom. The number of nitrogens with one attached hydrogen (secondary N) is 1. The summed E-state index contributed by atoms with van der Waals surface area (Å²) >= 11 is 6.85. The molecule has 0 aliphatic carbocycles. The fourth-order valence-corrected chi connectivity index (χ4v) is 4.00. The Bertz CT molecular complexity index is 1350. The number of hydrogen-bond acceptors (Lipinski definition) is 10. The first-order valence-corrected chi connectivity index (χ1v) is 12.2. The number of carbonyl (C=O) groups excluding carboxylic acids is 1. The number of rotatable bonds is 11. The number of nitriles is 1. The van der Waals surface area contributed by atoms with E-state index in [2.05, 4.69) is 31.5 Å². The first-order chi connectivity index (χ1) is 17.8. The van der Waals surface area contributed by atoms with Gasteiger partial charge in [-0.1, -0.05) is 11.8 Å². The van der Waals surface area contributed by atoms with E-state index < -0.39 is 5.82 Å².